The number of amides is 2. The van der Waals surface area contributed by atoms with Crippen LogP contribution in [0.3, 0.4) is 0 Å². The number of nitro groups is 1. The Morgan fingerprint density at radius 1 is 1.00 bits per heavy atom. The SMILES string of the molecule is COc1cc(C(=O)NCCNC(=O)c2ccc(C)c(F)c2)c([N+](=O)[O-])c(OC)c1OC. The highest BCUT2D eigenvalue weighted by molar-refractivity contribution is 6.00. The molecule has 2 rings (SSSR count). The smallest absolute Gasteiger partial charge is 0.327 e. The van der Waals surface area contributed by atoms with Crippen LogP contribution in [0.2, 0.25) is 0 Å². The van der Waals surface area contributed by atoms with Gasteiger partial charge in [-0.05, 0) is 24.6 Å². The van der Waals surface area contributed by atoms with Crippen LogP contribution in [0.5, 0.6) is 17.2 Å². The van der Waals surface area contributed by atoms with Gasteiger partial charge in [0.05, 0.1) is 26.3 Å². The number of hydrogen-bond donors (Lipinski definition) is 2. The summed E-state index contributed by atoms with van der Waals surface area (Å²) in [6.45, 7) is 1.56. The Kier molecular flexibility index (Phi) is 7.72. The molecule has 0 aliphatic carbocycles. The van der Waals surface area contributed by atoms with Gasteiger partial charge in [-0.3, -0.25) is 19.7 Å². The Bertz CT molecular complexity index is 1010. The lowest BCUT2D eigenvalue weighted by atomic mass is 10.1. The third-order valence-corrected chi connectivity index (χ3v) is 4.36. The van der Waals surface area contributed by atoms with E-state index in [1.807, 2.05) is 0 Å². The van der Waals surface area contributed by atoms with E-state index in [0.29, 0.717) is 5.56 Å². The standard InChI is InChI=1S/C20H22FN3O7/c1-11-5-6-12(9-14(11)21)19(25)22-7-8-23-20(26)13-10-15(29-2)17(30-3)18(31-4)16(13)24(27)28/h5-6,9-10H,7-8H2,1-4H3,(H,22,25)(H,23,26). The fourth-order valence-corrected chi connectivity index (χ4v) is 2.78. The number of nitrogens with zero attached hydrogens (tertiary/aromatic N) is 1. The molecule has 0 atom stereocenters. The van der Waals surface area contributed by atoms with Crippen molar-refractivity contribution in [1.82, 2.24) is 10.6 Å². The normalized spacial score (nSPS) is 10.2. The zero-order valence-corrected chi connectivity index (χ0v) is 17.4. The van der Waals surface area contributed by atoms with E-state index in [-0.39, 0.29) is 41.5 Å². The summed E-state index contributed by atoms with van der Waals surface area (Å²) in [5, 5.41) is 16.6. The summed E-state index contributed by atoms with van der Waals surface area (Å²) in [7, 11) is 3.80. The van der Waals surface area contributed by atoms with Crippen LogP contribution in [0.1, 0.15) is 26.3 Å². The average molecular weight is 435 g/mol. The van der Waals surface area contributed by atoms with E-state index in [2.05, 4.69) is 10.6 Å². The molecule has 10 nitrogen and oxygen atoms in total. The van der Waals surface area contributed by atoms with Crippen molar-refractivity contribution in [2.75, 3.05) is 34.4 Å². The quantitative estimate of drug-likeness (QED) is 0.351. The van der Waals surface area contributed by atoms with Crippen LogP contribution in [0.4, 0.5) is 10.1 Å². The van der Waals surface area contributed by atoms with Crippen molar-refractivity contribution in [3.8, 4) is 17.2 Å². The molecular weight excluding hydrogens is 413 g/mol. The molecule has 0 radical (unpaired) electrons. The molecule has 0 unspecified atom stereocenters. The number of hydrogen-bond acceptors (Lipinski definition) is 7. The van der Waals surface area contributed by atoms with Crippen LogP contribution in [-0.2, 0) is 0 Å². The number of carbonyl (C=O) groups is 2. The van der Waals surface area contributed by atoms with E-state index in [1.165, 1.54) is 39.5 Å². The second kappa shape index (κ2) is 10.2. The van der Waals surface area contributed by atoms with Crippen LogP contribution in [0.25, 0.3) is 0 Å². The molecule has 2 N–H and O–H groups in total. The lowest BCUT2D eigenvalue weighted by Crippen LogP contribution is -2.35. The van der Waals surface area contributed by atoms with E-state index < -0.39 is 28.2 Å². The van der Waals surface area contributed by atoms with Gasteiger partial charge in [-0.25, -0.2) is 4.39 Å². The highest BCUT2D eigenvalue weighted by atomic mass is 19.1. The second-order valence-electron chi connectivity index (χ2n) is 6.27. The van der Waals surface area contributed by atoms with E-state index in [9.17, 15) is 24.1 Å². The van der Waals surface area contributed by atoms with Crippen LogP contribution in [0, 0.1) is 22.9 Å². The molecule has 2 aromatic rings. The maximum Gasteiger partial charge on any atom is 0.327 e. The molecule has 0 aromatic heterocycles. The number of rotatable bonds is 9. The zero-order chi connectivity index (χ0) is 23.1. The Balaban J connectivity index is 2.12. The summed E-state index contributed by atoms with van der Waals surface area (Å²) in [4.78, 5) is 35.5. The molecule has 0 aliphatic rings. The van der Waals surface area contributed by atoms with Gasteiger partial charge in [0.25, 0.3) is 11.8 Å². The number of ether oxygens (including phenoxy) is 3. The third kappa shape index (κ3) is 5.18. The van der Waals surface area contributed by atoms with Gasteiger partial charge in [-0.15, -0.1) is 0 Å². The number of benzene rings is 2. The first-order chi connectivity index (χ1) is 14.7. The number of nitro benzene ring substituents is 1. The predicted octanol–water partition coefficient (Wildman–Crippen LogP) is 2.23. The fourth-order valence-electron chi connectivity index (χ4n) is 2.78. The van der Waals surface area contributed by atoms with Crippen molar-refractivity contribution in [2.24, 2.45) is 0 Å². The molecule has 166 valence electrons. The number of halogens is 1. The maximum atomic E-state index is 13.6. The summed E-state index contributed by atoms with van der Waals surface area (Å²) in [5.74, 6) is -2.01. The molecule has 0 bridgehead atoms. The first-order valence-electron chi connectivity index (χ1n) is 9.05. The monoisotopic (exact) mass is 435 g/mol. The summed E-state index contributed by atoms with van der Waals surface area (Å²) in [5.41, 5.74) is -0.339. The van der Waals surface area contributed by atoms with Crippen LogP contribution in [-0.4, -0.2) is 51.2 Å². The lowest BCUT2D eigenvalue weighted by Gasteiger charge is -2.15. The summed E-state index contributed by atoms with van der Waals surface area (Å²) in [6, 6.07) is 5.24. The van der Waals surface area contributed by atoms with Gasteiger partial charge in [-0.1, -0.05) is 6.07 Å². The van der Waals surface area contributed by atoms with Gasteiger partial charge in [0.2, 0.25) is 11.5 Å². The highest BCUT2D eigenvalue weighted by Gasteiger charge is 2.32. The molecule has 11 heteroatoms. The molecule has 31 heavy (non-hydrogen) atoms. The van der Waals surface area contributed by atoms with Gasteiger partial charge in [0.15, 0.2) is 5.75 Å². The first kappa shape index (κ1) is 23.4. The summed E-state index contributed by atoms with van der Waals surface area (Å²) < 4.78 is 28.9. The van der Waals surface area contributed by atoms with E-state index in [0.717, 1.165) is 6.07 Å². The molecule has 0 fully saturated rings. The average Bonchev–Trinajstić information content (AvgIpc) is 2.76. The highest BCUT2D eigenvalue weighted by Crippen LogP contribution is 2.46. The largest absolute Gasteiger partial charge is 0.493 e. The van der Waals surface area contributed by atoms with Crippen molar-refractivity contribution in [3.63, 3.8) is 0 Å². The van der Waals surface area contributed by atoms with Crippen molar-refractivity contribution < 1.29 is 33.1 Å². The van der Waals surface area contributed by atoms with Crippen molar-refractivity contribution >= 4 is 17.5 Å². The van der Waals surface area contributed by atoms with E-state index in [4.69, 9.17) is 14.2 Å². The minimum absolute atomic E-state index is 0.0122. The molecule has 0 saturated heterocycles. The molecule has 2 amide bonds. The summed E-state index contributed by atoms with van der Waals surface area (Å²) >= 11 is 0. The van der Waals surface area contributed by atoms with Crippen LogP contribution in [0.15, 0.2) is 24.3 Å². The van der Waals surface area contributed by atoms with Gasteiger partial charge in [-0.2, -0.15) is 0 Å². The van der Waals surface area contributed by atoms with E-state index >= 15 is 0 Å². The predicted molar refractivity (Wildman–Crippen MR) is 109 cm³/mol. The molecular formula is C20H22FN3O7. The van der Waals surface area contributed by atoms with Gasteiger partial charge < -0.3 is 24.8 Å². The Hall–Kier alpha value is -3.89. The number of aryl methyl sites for hydroxylation is 1. The lowest BCUT2D eigenvalue weighted by molar-refractivity contribution is -0.386. The Labute approximate surface area is 177 Å². The number of methoxy groups -OCH3 is 3. The van der Waals surface area contributed by atoms with Crippen molar-refractivity contribution in [3.05, 3.63) is 56.9 Å². The molecule has 2 aromatic carbocycles. The Morgan fingerprint density at radius 3 is 2.13 bits per heavy atom. The molecule has 0 heterocycles. The molecule has 0 saturated carbocycles. The van der Waals surface area contributed by atoms with Crippen molar-refractivity contribution in [2.45, 2.75) is 6.92 Å². The van der Waals surface area contributed by atoms with Crippen LogP contribution < -0.4 is 24.8 Å². The van der Waals surface area contributed by atoms with Crippen LogP contribution >= 0.6 is 0 Å². The zero-order valence-electron chi connectivity index (χ0n) is 17.4. The van der Waals surface area contributed by atoms with Gasteiger partial charge in [0.1, 0.15) is 11.4 Å². The maximum absolute atomic E-state index is 13.6. The number of nitrogens with one attached hydrogen (secondary N) is 2. The first-order valence-corrected chi connectivity index (χ1v) is 9.05. The molecule has 0 spiro atoms. The minimum Gasteiger partial charge on any atom is -0.493 e. The van der Waals surface area contributed by atoms with E-state index in [1.54, 1.807) is 6.92 Å². The fraction of sp³-hybridized carbons (Fsp3) is 0.300. The number of carbonyl (C=O) groups excluding carboxylic acids is 2. The second-order valence-corrected chi connectivity index (χ2v) is 6.27. The van der Waals surface area contributed by atoms with Gasteiger partial charge >= 0.3 is 5.69 Å². The van der Waals surface area contributed by atoms with Gasteiger partial charge in [0, 0.05) is 24.7 Å². The third-order valence-electron chi connectivity index (χ3n) is 4.36. The molecule has 0 aliphatic heterocycles. The summed E-state index contributed by atoms with van der Waals surface area (Å²) in [6.07, 6.45) is 0. The Morgan fingerprint density at radius 2 is 1.61 bits per heavy atom. The minimum atomic E-state index is -0.776. The van der Waals surface area contributed by atoms with Crippen molar-refractivity contribution in [1.29, 1.82) is 0 Å². The topological polar surface area (TPSA) is 129 Å².